The van der Waals surface area contributed by atoms with Gasteiger partial charge < -0.3 is 10.6 Å². The Bertz CT molecular complexity index is 125. The summed E-state index contributed by atoms with van der Waals surface area (Å²) < 4.78 is 24.2. The molecule has 9 heavy (non-hydrogen) atoms. The van der Waals surface area contributed by atoms with E-state index in [0.29, 0.717) is 0 Å². The fourth-order valence-electron chi connectivity index (χ4n) is 0.544. The standard InChI is InChI=1S/C4H6F2N2O/c5-4(6)1-7-3(9)8-2-4/h1-2H2,(H2,7,8,9). The summed E-state index contributed by atoms with van der Waals surface area (Å²) in [6, 6.07) is -0.527. The Kier molecular flexibility index (Phi) is 1.27. The monoisotopic (exact) mass is 136 g/mol. The van der Waals surface area contributed by atoms with Crippen molar-refractivity contribution in [1.29, 1.82) is 0 Å². The summed E-state index contributed by atoms with van der Waals surface area (Å²) in [6.45, 7) is -1.11. The fourth-order valence-corrected chi connectivity index (χ4v) is 0.544. The van der Waals surface area contributed by atoms with Crippen LogP contribution in [0.1, 0.15) is 0 Å². The predicted octanol–water partition coefficient (Wildman–Crippen LogP) is -0.0655. The molecule has 1 saturated heterocycles. The number of amides is 2. The minimum atomic E-state index is -2.78. The van der Waals surface area contributed by atoms with Crippen LogP contribution in [0.25, 0.3) is 0 Å². The molecule has 0 saturated carbocycles. The topological polar surface area (TPSA) is 41.1 Å². The Hall–Kier alpha value is -0.870. The zero-order valence-electron chi connectivity index (χ0n) is 4.58. The van der Waals surface area contributed by atoms with Gasteiger partial charge in [0.2, 0.25) is 0 Å². The van der Waals surface area contributed by atoms with Crippen LogP contribution >= 0.6 is 0 Å². The van der Waals surface area contributed by atoms with Gasteiger partial charge >= 0.3 is 6.03 Å². The van der Waals surface area contributed by atoms with Gasteiger partial charge in [0.25, 0.3) is 5.92 Å². The van der Waals surface area contributed by atoms with Crippen LogP contribution in [0, 0.1) is 0 Å². The van der Waals surface area contributed by atoms with Gasteiger partial charge in [-0.3, -0.25) is 0 Å². The number of carbonyl (C=O) groups is 1. The van der Waals surface area contributed by atoms with Crippen molar-refractivity contribution in [3.8, 4) is 0 Å². The van der Waals surface area contributed by atoms with E-state index in [1.807, 2.05) is 10.6 Å². The van der Waals surface area contributed by atoms with Crippen molar-refractivity contribution in [2.75, 3.05) is 13.1 Å². The van der Waals surface area contributed by atoms with Crippen LogP contribution in [0.3, 0.4) is 0 Å². The number of halogens is 2. The van der Waals surface area contributed by atoms with E-state index in [9.17, 15) is 13.6 Å². The van der Waals surface area contributed by atoms with Crippen molar-refractivity contribution in [3.05, 3.63) is 0 Å². The second-order valence-electron chi connectivity index (χ2n) is 1.89. The van der Waals surface area contributed by atoms with Crippen LogP contribution < -0.4 is 10.6 Å². The molecular formula is C4H6F2N2O. The van der Waals surface area contributed by atoms with Crippen molar-refractivity contribution in [1.82, 2.24) is 10.6 Å². The van der Waals surface area contributed by atoms with Crippen molar-refractivity contribution in [3.63, 3.8) is 0 Å². The van der Waals surface area contributed by atoms with Crippen molar-refractivity contribution >= 4 is 6.03 Å². The number of rotatable bonds is 0. The molecule has 1 aliphatic heterocycles. The van der Waals surface area contributed by atoms with E-state index in [0.717, 1.165) is 0 Å². The molecule has 0 aromatic carbocycles. The van der Waals surface area contributed by atoms with Crippen LogP contribution in [0.4, 0.5) is 13.6 Å². The lowest BCUT2D eigenvalue weighted by atomic mass is 10.3. The lowest BCUT2D eigenvalue weighted by Gasteiger charge is -2.22. The summed E-state index contributed by atoms with van der Waals surface area (Å²) >= 11 is 0. The van der Waals surface area contributed by atoms with Crippen molar-refractivity contribution < 1.29 is 13.6 Å². The predicted molar refractivity (Wildman–Crippen MR) is 26.3 cm³/mol. The maximum Gasteiger partial charge on any atom is 0.315 e. The van der Waals surface area contributed by atoms with Gasteiger partial charge in [-0.05, 0) is 0 Å². The lowest BCUT2D eigenvalue weighted by molar-refractivity contribution is -0.00118. The number of hydrogen-bond acceptors (Lipinski definition) is 1. The normalized spacial score (nSPS) is 24.4. The molecule has 1 heterocycles. The SMILES string of the molecule is O=C1NCC(F)(F)CN1. The molecule has 1 rings (SSSR count). The second kappa shape index (κ2) is 1.82. The molecule has 2 N–H and O–H groups in total. The minimum absolute atomic E-state index is 0.527. The van der Waals surface area contributed by atoms with E-state index < -0.39 is 25.0 Å². The second-order valence-corrected chi connectivity index (χ2v) is 1.89. The van der Waals surface area contributed by atoms with E-state index in [-0.39, 0.29) is 0 Å². The summed E-state index contributed by atoms with van der Waals surface area (Å²) in [5.41, 5.74) is 0. The van der Waals surface area contributed by atoms with E-state index >= 15 is 0 Å². The molecule has 0 spiro atoms. The van der Waals surface area contributed by atoms with E-state index in [4.69, 9.17) is 0 Å². The first-order valence-corrected chi connectivity index (χ1v) is 2.50. The molecule has 0 bridgehead atoms. The zero-order chi connectivity index (χ0) is 6.91. The van der Waals surface area contributed by atoms with Crippen LogP contribution in [0.15, 0.2) is 0 Å². The first kappa shape index (κ1) is 6.25. The van der Waals surface area contributed by atoms with Gasteiger partial charge in [0, 0.05) is 0 Å². The molecule has 0 atom stereocenters. The molecule has 0 radical (unpaired) electrons. The molecular weight excluding hydrogens is 130 g/mol. The third kappa shape index (κ3) is 1.51. The Labute approximate surface area is 50.4 Å². The molecule has 1 aliphatic rings. The maximum absolute atomic E-state index is 12.1. The van der Waals surface area contributed by atoms with Gasteiger partial charge in [-0.25, -0.2) is 13.6 Å². The highest BCUT2D eigenvalue weighted by Crippen LogP contribution is 2.11. The highest BCUT2D eigenvalue weighted by Gasteiger charge is 2.33. The Morgan fingerprint density at radius 1 is 1.33 bits per heavy atom. The van der Waals surface area contributed by atoms with Gasteiger partial charge in [0.15, 0.2) is 0 Å². The van der Waals surface area contributed by atoms with Gasteiger partial charge in [-0.15, -0.1) is 0 Å². The first-order valence-electron chi connectivity index (χ1n) is 2.50. The summed E-state index contributed by atoms with van der Waals surface area (Å²) in [6.07, 6.45) is 0. The summed E-state index contributed by atoms with van der Waals surface area (Å²) in [5.74, 6) is -2.78. The third-order valence-corrected chi connectivity index (χ3v) is 1.02. The highest BCUT2D eigenvalue weighted by molar-refractivity contribution is 5.74. The first-order chi connectivity index (χ1) is 4.10. The van der Waals surface area contributed by atoms with Crippen LogP contribution in [0.5, 0.6) is 0 Å². The molecule has 3 nitrogen and oxygen atoms in total. The van der Waals surface area contributed by atoms with Crippen LogP contribution in [0.2, 0.25) is 0 Å². The summed E-state index contributed by atoms with van der Waals surface area (Å²) in [7, 11) is 0. The molecule has 2 amide bonds. The third-order valence-electron chi connectivity index (χ3n) is 1.02. The van der Waals surface area contributed by atoms with Crippen molar-refractivity contribution in [2.45, 2.75) is 5.92 Å². The number of urea groups is 1. The smallest absolute Gasteiger partial charge is 0.315 e. The molecule has 0 aromatic heterocycles. The van der Waals surface area contributed by atoms with Gasteiger partial charge in [-0.2, -0.15) is 0 Å². The Morgan fingerprint density at radius 3 is 2.11 bits per heavy atom. The molecule has 0 unspecified atom stereocenters. The van der Waals surface area contributed by atoms with Crippen molar-refractivity contribution in [2.24, 2.45) is 0 Å². The maximum atomic E-state index is 12.1. The highest BCUT2D eigenvalue weighted by atomic mass is 19.3. The lowest BCUT2D eigenvalue weighted by Crippen LogP contribution is -2.54. The molecule has 1 fully saturated rings. The molecule has 52 valence electrons. The Morgan fingerprint density at radius 2 is 1.78 bits per heavy atom. The number of nitrogens with one attached hydrogen (secondary N) is 2. The molecule has 0 aliphatic carbocycles. The minimum Gasteiger partial charge on any atom is -0.332 e. The average molecular weight is 136 g/mol. The van der Waals surface area contributed by atoms with Gasteiger partial charge in [0.1, 0.15) is 0 Å². The molecule has 5 heteroatoms. The quantitative estimate of drug-likeness (QED) is 0.481. The van der Waals surface area contributed by atoms with Crippen LogP contribution in [-0.2, 0) is 0 Å². The van der Waals surface area contributed by atoms with E-state index in [1.165, 1.54) is 0 Å². The van der Waals surface area contributed by atoms with Gasteiger partial charge in [0.05, 0.1) is 13.1 Å². The fraction of sp³-hybridized carbons (Fsp3) is 0.750. The number of hydrogen-bond donors (Lipinski definition) is 2. The van der Waals surface area contributed by atoms with Crippen LogP contribution in [-0.4, -0.2) is 25.0 Å². The Balaban J connectivity index is 2.44. The average Bonchev–Trinajstić information content (AvgIpc) is 1.78. The number of alkyl halides is 2. The largest absolute Gasteiger partial charge is 0.332 e. The summed E-state index contributed by atoms with van der Waals surface area (Å²) in [4.78, 5) is 10.2. The number of carbonyl (C=O) groups excluding carboxylic acids is 1. The zero-order valence-corrected chi connectivity index (χ0v) is 4.58. The van der Waals surface area contributed by atoms with E-state index in [2.05, 4.69) is 0 Å². The van der Waals surface area contributed by atoms with E-state index in [1.54, 1.807) is 0 Å². The summed E-state index contributed by atoms with van der Waals surface area (Å²) in [5, 5.41) is 3.94. The van der Waals surface area contributed by atoms with Gasteiger partial charge in [-0.1, -0.05) is 0 Å². The molecule has 0 aromatic rings.